The SMILES string of the molecule is COC(=O)c1ccc(OC(C)(C)C=O)c([N+](=O)[O-])c1. The van der Waals surface area contributed by atoms with Crippen LogP contribution in [0.2, 0.25) is 0 Å². The molecule has 0 fully saturated rings. The molecular formula is C12H13NO6. The molecule has 0 atom stereocenters. The minimum absolute atomic E-state index is 0.0328. The van der Waals surface area contributed by atoms with E-state index in [-0.39, 0.29) is 11.3 Å². The van der Waals surface area contributed by atoms with E-state index in [0.29, 0.717) is 6.29 Å². The van der Waals surface area contributed by atoms with E-state index >= 15 is 0 Å². The van der Waals surface area contributed by atoms with Crippen LogP contribution in [0, 0.1) is 10.1 Å². The van der Waals surface area contributed by atoms with Gasteiger partial charge in [0.15, 0.2) is 17.6 Å². The van der Waals surface area contributed by atoms with E-state index in [4.69, 9.17) is 4.74 Å². The predicted octanol–water partition coefficient (Wildman–Crippen LogP) is 1.74. The fraction of sp³-hybridized carbons (Fsp3) is 0.333. The number of methoxy groups -OCH3 is 1. The lowest BCUT2D eigenvalue weighted by Crippen LogP contribution is -2.30. The maximum Gasteiger partial charge on any atom is 0.338 e. The van der Waals surface area contributed by atoms with Crippen LogP contribution in [0.4, 0.5) is 5.69 Å². The number of ether oxygens (including phenoxy) is 2. The third kappa shape index (κ3) is 3.51. The number of rotatable bonds is 5. The predicted molar refractivity (Wildman–Crippen MR) is 65.2 cm³/mol. The van der Waals surface area contributed by atoms with Crippen LogP contribution in [-0.4, -0.2) is 29.9 Å². The van der Waals surface area contributed by atoms with Crippen LogP contribution in [0.5, 0.6) is 5.75 Å². The van der Waals surface area contributed by atoms with Crippen molar-refractivity contribution in [2.75, 3.05) is 7.11 Å². The molecule has 0 aliphatic carbocycles. The standard InChI is InChI=1S/C12H13NO6/c1-12(2,7-14)19-10-5-4-8(11(15)18-3)6-9(10)13(16)17/h4-7H,1-3H3. The van der Waals surface area contributed by atoms with Crippen LogP contribution in [-0.2, 0) is 9.53 Å². The van der Waals surface area contributed by atoms with Gasteiger partial charge < -0.3 is 9.47 Å². The second-order valence-corrected chi connectivity index (χ2v) is 4.25. The monoisotopic (exact) mass is 267 g/mol. The summed E-state index contributed by atoms with van der Waals surface area (Å²) in [5.74, 6) is -0.779. The smallest absolute Gasteiger partial charge is 0.338 e. The van der Waals surface area contributed by atoms with Crippen LogP contribution in [0.15, 0.2) is 18.2 Å². The zero-order valence-corrected chi connectivity index (χ0v) is 10.7. The molecule has 0 aromatic heterocycles. The molecule has 102 valence electrons. The van der Waals surface area contributed by atoms with Crippen molar-refractivity contribution in [3.63, 3.8) is 0 Å². The molecule has 19 heavy (non-hydrogen) atoms. The van der Waals surface area contributed by atoms with E-state index in [9.17, 15) is 19.7 Å². The van der Waals surface area contributed by atoms with Gasteiger partial charge in [-0.05, 0) is 26.0 Å². The minimum Gasteiger partial charge on any atom is -0.473 e. The van der Waals surface area contributed by atoms with Crippen molar-refractivity contribution in [1.82, 2.24) is 0 Å². The molecule has 0 bridgehead atoms. The minimum atomic E-state index is -1.20. The number of benzene rings is 1. The molecule has 0 N–H and O–H groups in total. The van der Waals surface area contributed by atoms with E-state index in [2.05, 4.69) is 4.74 Å². The first-order valence-electron chi connectivity index (χ1n) is 5.33. The number of hydrogen-bond acceptors (Lipinski definition) is 6. The van der Waals surface area contributed by atoms with Crippen molar-refractivity contribution in [2.45, 2.75) is 19.4 Å². The van der Waals surface area contributed by atoms with Crippen molar-refractivity contribution in [3.05, 3.63) is 33.9 Å². The van der Waals surface area contributed by atoms with E-state index < -0.39 is 22.2 Å². The number of nitrogens with zero attached hydrogens (tertiary/aromatic N) is 1. The quantitative estimate of drug-likeness (QED) is 0.349. The van der Waals surface area contributed by atoms with Crippen LogP contribution in [0.3, 0.4) is 0 Å². The van der Waals surface area contributed by atoms with Gasteiger partial charge in [-0.2, -0.15) is 0 Å². The third-order valence-corrected chi connectivity index (χ3v) is 2.23. The highest BCUT2D eigenvalue weighted by atomic mass is 16.6. The lowest BCUT2D eigenvalue weighted by Gasteiger charge is -2.19. The van der Waals surface area contributed by atoms with Gasteiger partial charge in [0.25, 0.3) is 0 Å². The summed E-state index contributed by atoms with van der Waals surface area (Å²) in [5.41, 5.74) is -1.57. The van der Waals surface area contributed by atoms with Gasteiger partial charge in [-0.1, -0.05) is 0 Å². The highest BCUT2D eigenvalue weighted by molar-refractivity contribution is 5.90. The molecular weight excluding hydrogens is 254 g/mol. The van der Waals surface area contributed by atoms with Gasteiger partial charge in [-0.25, -0.2) is 4.79 Å². The molecule has 1 aromatic rings. The summed E-state index contributed by atoms with van der Waals surface area (Å²) < 4.78 is 9.72. The maximum absolute atomic E-state index is 11.3. The van der Waals surface area contributed by atoms with Crippen LogP contribution in [0.1, 0.15) is 24.2 Å². The Bertz CT molecular complexity index is 523. The summed E-state index contributed by atoms with van der Waals surface area (Å²) in [6.07, 6.45) is 0.533. The van der Waals surface area contributed by atoms with E-state index in [1.54, 1.807) is 0 Å². The second kappa shape index (κ2) is 5.47. The Labute approximate surface area is 109 Å². The molecule has 0 heterocycles. The number of nitro benzene ring substituents is 1. The molecule has 7 nitrogen and oxygen atoms in total. The van der Waals surface area contributed by atoms with E-state index in [0.717, 1.165) is 6.07 Å². The Morgan fingerprint density at radius 3 is 2.53 bits per heavy atom. The van der Waals surface area contributed by atoms with Crippen LogP contribution < -0.4 is 4.74 Å². The fourth-order valence-electron chi connectivity index (χ4n) is 1.30. The molecule has 0 saturated carbocycles. The average molecular weight is 267 g/mol. The Kier molecular flexibility index (Phi) is 4.21. The molecule has 1 rings (SSSR count). The van der Waals surface area contributed by atoms with Gasteiger partial charge >= 0.3 is 11.7 Å². The average Bonchev–Trinajstić information content (AvgIpc) is 2.37. The first-order valence-corrected chi connectivity index (χ1v) is 5.33. The van der Waals surface area contributed by atoms with Crippen molar-refractivity contribution in [1.29, 1.82) is 0 Å². The first kappa shape index (κ1) is 14.6. The van der Waals surface area contributed by atoms with Gasteiger partial charge in [0.2, 0.25) is 0 Å². The summed E-state index contributed by atoms with van der Waals surface area (Å²) in [6.45, 7) is 2.94. The van der Waals surface area contributed by atoms with Gasteiger partial charge in [0.05, 0.1) is 17.6 Å². The van der Waals surface area contributed by atoms with Gasteiger partial charge in [0.1, 0.15) is 0 Å². The number of hydrogen-bond donors (Lipinski definition) is 0. The first-order chi connectivity index (χ1) is 8.80. The van der Waals surface area contributed by atoms with Gasteiger partial charge in [0, 0.05) is 6.07 Å². The molecule has 1 aromatic carbocycles. The Hall–Kier alpha value is -2.44. The number of esters is 1. The highest BCUT2D eigenvalue weighted by Crippen LogP contribution is 2.30. The van der Waals surface area contributed by atoms with Crippen molar-refractivity contribution in [3.8, 4) is 5.75 Å². The Balaban J connectivity index is 3.23. The number of carbonyl (C=O) groups excluding carboxylic acids is 2. The van der Waals surface area contributed by atoms with Crippen molar-refractivity contribution < 1.29 is 24.0 Å². The fourth-order valence-corrected chi connectivity index (χ4v) is 1.30. The third-order valence-electron chi connectivity index (χ3n) is 2.23. The molecule has 0 aliphatic rings. The molecule has 0 unspecified atom stereocenters. The summed E-state index contributed by atoms with van der Waals surface area (Å²) in [6, 6.07) is 3.63. The van der Waals surface area contributed by atoms with Crippen LogP contribution in [0.25, 0.3) is 0 Å². The lowest BCUT2D eigenvalue weighted by molar-refractivity contribution is -0.386. The number of carbonyl (C=O) groups is 2. The molecule has 0 saturated heterocycles. The van der Waals surface area contributed by atoms with E-state index in [1.165, 1.54) is 33.1 Å². The van der Waals surface area contributed by atoms with E-state index in [1.807, 2.05) is 0 Å². The maximum atomic E-state index is 11.3. The van der Waals surface area contributed by atoms with Crippen molar-refractivity contribution in [2.24, 2.45) is 0 Å². The second-order valence-electron chi connectivity index (χ2n) is 4.25. The number of nitro groups is 1. The molecule has 7 heteroatoms. The highest BCUT2D eigenvalue weighted by Gasteiger charge is 2.25. The van der Waals surface area contributed by atoms with Gasteiger partial charge in [-0.3, -0.25) is 14.9 Å². The molecule has 0 spiro atoms. The van der Waals surface area contributed by atoms with Gasteiger partial charge in [-0.15, -0.1) is 0 Å². The normalized spacial score (nSPS) is 10.7. The van der Waals surface area contributed by atoms with Crippen LogP contribution >= 0.6 is 0 Å². The molecule has 0 amide bonds. The summed E-state index contributed by atoms with van der Waals surface area (Å²) in [5, 5.41) is 10.9. The Morgan fingerprint density at radius 2 is 2.05 bits per heavy atom. The summed E-state index contributed by atoms with van der Waals surface area (Å²) in [4.78, 5) is 32.3. The molecule has 0 radical (unpaired) electrons. The van der Waals surface area contributed by atoms with Crippen molar-refractivity contribution >= 4 is 17.9 Å². The lowest BCUT2D eigenvalue weighted by atomic mass is 10.1. The summed E-state index contributed by atoms with van der Waals surface area (Å²) in [7, 11) is 1.17. The Morgan fingerprint density at radius 1 is 1.42 bits per heavy atom. The topological polar surface area (TPSA) is 95.7 Å². The molecule has 0 aliphatic heterocycles. The zero-order valence-electron chi connectivity index (χ0n) is 10.7. The zero-order chi connectivity index (χ0) is 14.6. The number of aldehydes is 1. The largest absolute Gasteiger partial charge is 0.473 e. The summed E-state index contributed by atoms with van der Waals surface area (Å²) >= 11 is 0.